The van der Waals surface area contributed by atoms with Crippen molar-refractivity contribution in [1.82, 2.24) is 10.2 Å². The van der Waals surface area contributed by atoms with Crippen molar-refractivity contribution >= 4 is 11.8 Å². The summed E-state index contributed by atoms with van der Waals surface area (Å²) in [7, 11) is 1.63. The summed E-state index contributed by atoms with van der Waals surface area (Å²) >= 11 is 0. The molecule has 0 bridgehead atoms. The zero-order chi connectivity index (χ0) is 17.1. The molecule has 1 heterocycles. The molecule has 5 heteroatoms. The zero-order valence-corrected chi connectivity index (χ0v) is 14.5. The summed E-state index contributed by atoms with van der Waals surface area (Å²) in [5.74, 6) is 0.756. The summed E-state index contributed by atoms with van der Waals surface area (Å²) in [6.07, 6.45) is 4.37. The summed E-state index contributed by atoms with van der Waals surface area (Å²) in [6, 6.07) is 7.83. The molecule has 130 valence electrons. The zero-order valence-electron chi connectivity index (χ0n) is 14.5. The molecule has 1 saturated carbocycles. The molecule has 0 aromatic heterocycles. The Morgan fingerprint density at radius 1 is 1.33 bits per heavy atom. The number of hydrogen-bond acceptors (Lipinski definition) is 3. The van der Waals surface area contributed by atoms with Gasteiger partial charge in [-0.05, 0) is 50.3 Å². The number of piperidine rings is 1. The first-order valence-corrected chi connectivity index (χ1v) is 8.87. The van der Waals surface area contributed by atoms with Gasteiger partial charge in [-0.25, -0.2) is 0 Å². The Kier molecular flexibility index (Phi) is 5.07. The van der Waals surface area contributed by atoms with Gasteiger partial charge in [0.2, 0.25) is 11.8 Å². The Hall–Kier alpha value is -2.04. The second kappa shape index (κ2) is 7.24. The minimum atomic E-state index is -0.216. The van der Waals surface area contributed by atoms with Crippen LogP contribution < -0.4 is 10.1 Å². The van der Waals surface area contributed by atoms with Gasteiger partial charge in [-0.15, -0.1) is 0 Å². The van der Waals surface area contributed by atoms with Gasteiger partial charge < -0.3 is 15.0 Å². The third kappa shape index (κ3) is 3.25. The number of rotatable bonds is 5. The smallest absolute Gasteiger partial charge is 0.225 e. The Balaban J connectivity index is 1.89. The summed E-state index contributed by atoms with van der Waals surface area (Å²) in [5, 5.41) is 3.17. The predicted molar refractivity (Wildman–Crippen MR) is 91.6 cm³/mol. The summed E-state index contributed by atoms with van der Waals surface area (Å²) in [4.78, 5) is 27.0. The van der Waals surface area contributed by atoms with E-state index in [0.29, 0.717) is 25.4 Å². The van der Waals surface area contributed by atoms with Gasteiger partial charge in [-0.1, -0.05) is 12.1 Å². The van der Waals surface area contributed by atoms with E-state index in [0.717, 1.165) is 24.2 Å². The number of nitrogens with one attached hydrogen (secondary N) is 1. The molecule has 24 heavy (non-hydrogen) atoms. The van der Waals surface area contributed by atoms with Crippen LogP contribution in [-0.4, -0.2) is 36.4 Å². The maximum Gasteiger partial charge on any atom is 0.225 e. The molecule has 0 unspecified atom stereocenters. The van der Waals surface area contributed by atoms with Crippen molar-refractivity contribution in [2.45, 2.75) is 51.1 Å². The molecule has 2 aliphatic rings. The second-order valence-electron chi connectivity index (χ2n) is 6.68. The van der Waals surface area contributed by atoms with E-state index in [2.05, 4.69) is 5.32 Å². The van der Waals surface area contributed by atoms with Gasteiger partial charge in [0, 0.05) is 19.0 Å². The van der Waals surface area contributed by atoms with Crippen LogP contribution in [0.4, 0.5) is 0 Å². The Morgan fingerprint density at radius 3 is 2.75 bits per heavy atom. The van der Waals surface area contributed by atoms with E-state index in [1.807, 2.05) is 36.1 Å². The van der Waals surface area contributed by atoms with Crippen molar-refractivity contribution in [2.75, 3.05) is 13.7 Å². The van der Waals surface area contributed by atoms with Crippen LogP contribution in [0.25, 0.3) is 0 Å². The first kappa shape index (κ1) is 16.8. The van der Waals surface area contributed by atoms with Gasteiger partial charge in [0.05, 0.1) is 19.1 Å². The lowest BCUT2D eigenvalue weighted by molar-refractivity contribution is -0.143. The molecular weight excluding hydrogens is 304 g/mol. The van der Waals surface area contributed by atoms with Crippen molar-refractivity contribution in [3.05, 3.63) is 29.8 Å². The minimum absolute atomic E-state index is 0.0819. The van der Waals surface area contributed by atoms with Gasteiger partial charge in [0.25, 0.3) is 0 Å². The average molecular weight is 330 g/mol. The van der Waals surface area contributed by atoms with Gasteiger partial charge >= 0.3 is 0 Å². The third-order valence-electron chi connectivity index (χ3n) is 5.27. The molecule has 1 aromatic carbocycles. The predicted octanol–water partition coefficient (Wildman–Crippen LogP) is 2.66. The molecule has 1 N–H and O–H groups in total. The molecule has 2 amide bonds. The number of likely N-dealkylation sites (tertiary alicyclic amines) is 1. The van der Waals surface area contributed by atoms with Gasteiger partial charge in [0.15, 0.2) is 0 Å². The lowest BCUT2D eigenvalue weighted by atomic mass is 9.82. The molecule has 1 aliphatic carbocycles. The monoisotopic (exact) mass is 330 g/mol. The lowest BCUT2D eigenvalue weighted by Gasteiger charge is -2.41. The first-order valence-electron chi connectivity index (χ1n) is 8.87. The van der Waals surface area contributed by atoms with Crippen molar-refractivity contribution in [3.8, 4) is 5.75 Å². The molecule has 1 saturated heterocycles. The maximum absolute atomic E-state index is 12.8. The van der Waals surface area contributed by atoms with Crippen LogP contribution in [0, 0.1) is 5.92 Å². The fourth-order valence-electron chi connectivity index (χ4n) is 3.70. The number of carbonyl (C=O) groups is 2. The highest BCUT2D eigenvalue weighted by atomic mass is 16.5. The molecule has 2 fully saturated rings. The van der Waals surface area contributed by atoms with E-state index in [1.54, 1.807) is 7.11 Å². The number of hydrogen-bond donors (Lipinski definition) is 1. The van der Waals surface area contributed by atoms with Crippen LogP contribution in [-0.2, 0) is 9.59 Å². The van der Waals surface area contributed by atoms with Gasteiger partial charge in [0.1, 0.15) is 5.75 Å². The average Bonchev–Trinajstić information content (AvgIpc) is 2.57. The molecule has 3 rings (SSSR count). The summed E-state index contributed by atoms with van der Waals surface area (Å²) in [5.41, 5.74) is 0.970. The molecule has 1 aliphatic heterocycles. The number of carbonyl (C=O) groups excluding carboxylic acids is 2. The SMILES string of the molecule is CCN1C(=O)CC[C@@H](C(=O)NC2CCC2)[C@@H]1c1cccc(OC)c1. The van der Waals surface area contributed by atoms with E-state index < -0.39 is 0 Å². The first-order chi connectivity index (χ1) is 11.6. The van der Waals surface area contributed by atoms with Gasteiger partial charge in [-0.3, -0.25) is 9.59 Å². The number of nitrogens with zero attached hydrogens (tertiary/aromatic N) is 1. The summed E-state index contributed by atoms with van der Waals surface area (Å²) < 4.78 is 5.32. The normalized spacial score (nSPS) is 24.4. The topological polar surface area (TPSA) is 58.6 Å². The highest BCUT2D eigenvalue weighted by Gasteiger charge is 2.40. The standard InChI is InChI=1S/C19H26N2O3/c1-3-21-17(22)11-10-16(19(23)20-14-7-5-8-14)18(21)13-6-4-9-15(12-13)24-2/h4,6,9,12,14,16,18H,3,5,7-8,10-11H2,1-2H3,(H,20,23)/t16-,18+/m1/s1. The van der Waals surface area contributed by atoms with E-state index in [9.17, 15) is 9.59 Å². The Bertz CT molecular complexity index is 612. The molecule has 0 spiro atoms. The molecule has 2 atom stereocenters. The number of amides is 2. The Labute approximate surface area is 143 Å². The van der Waals surface area contributed by atoms with Crippen molar-refractivity contribution in [2.24, 2.45) is 5.92 Å². The van der Waals surface area contributed by atoms with Crippen LogP contribution >= 0.6 is 0 Å². The van der Waals surface area contributed by atoms with Crippen LogP contribution in [0.15, 0.2) is 24.3 Å². The fraction of sp³-hybridized carbons (Fsp3) is 0.579. The van der Waals surface area contributed by atoms with Crippen molar-refractivity contribution in [3.63, 3.8) is 0 Å². The van der Waals surface area contributed by atoms with Crippen molar-refractivity contribution < 1.29 is 14.3 Å². The van der Waals surface area contributed by atoms with E-state index in [-0.39, 0.29) is 23.8 Å². The van der Waals surface area contributed by atoms with E-state index >= 15 is 0 Å². The highest BCUT2D eigenvalue weighted by molar-refractivity contribution is 5.85. The van der Waals surface area contributed by atoms with Crippen LogP contribution in [0.2, 0.25) is 0 Å². The fourth-order valence-corrected chi connectivity index (χ4v) is 3.70. The molecule has 1 aromatic rings. The maximum atomic E-state index is 12.8. The minimum Gasteiger partial charge on any atom is -0.497 e. The number of ether oxygens (including phenoxy) is 1. The van der Waals surface area contributed by atoms with Crippen molar-refractivity contribution in [1.29, 1.82) is 0 Å². The summed E-state index contributed by atoms with van der Waals surface area (Å²) in [6.45, 7) is 2.57. The van der Waals surface area contributed by atoms with Gasteiger partial charge in [-0.2, -0.15) is 0 Å². The molecular formula is C19H26N2O3. The number of benzene rings is 1. The van der Waals surface area contributed by atoms with Crippen LogP contribution in [0.3, 0.4) is 0 Å². The highest BCUT2D eigenvalue weighted by Crippen LogP contribution is 2.38. The second-order valence-corrected chi connectivity index (χ2v) is 6.68. The van der Waals surface area contributed by atoms with E-state index in [4.69, 9.17) is 4.74 Å². The Morgan fingerprint density at radius 2 is 2.12 bits per heavy atom. The van der Waals surface area contributed by atoms with E-state index in [1.165, 1.54) is 6.42 Å². The number of methoxy groups -OCH3 is 1. The largest absolute Gasteiger partial charge is 0.497 e. The quantitative estimate of drug-likeness (QED) is 0.903. The molecule has 0 radical (unpaired) electrons. The molecule has 5 nitrogen and oxygen atoms in total. The third-order valence-corrected chi connectivity index (χ3v) is 5.27. The lowest BCUT2D eigenvalue weighted by Crippen LogP contribution is -2.50. The van der Waals surface area contributed by atoms with Crippen LogP contribution in [0.1, 0.15) is 50.6 Å². The van der Waals surface area contributed by atoms with Crippen LogP contribution in [0.5, 0.6) is 5.75 Å².